The summed E-state index contributed by atoms with van der Waals surface area (Å²) in [6.07, 6.45) is 3.82. The van der Waals surface area contributed by atoms with E-state index < -0.39 is 0 Å². The number of hydrogen-bond donors (Lipinski definition) is 2. The van der Waals surface area contributed by atoms with Crippen molar-refractivity contribution < 1.29 is 13.9 Å². The van der Waals surface area contributed by atoms with Gasteiger partial charge in [0.1, 0.15) is 5.76 Å². The van der Waals surface area contributed by atoms with Gasteiger partial charge in [0.15, 0.2) is 0 Å². The standard InChI is InChI=1S/C12H18N2O3/c1-9(11-5-3-7-17-11)14-12(15)13-8-10-4-2-6-16-10/h2,4,6,9,11H,3,5,7-8H2,1H3,(H2,13,14,15)/t9-,11+/m1/s1. The van der Waals surface area contributed by atoms with Gasteiger partial charge in [-0.1, -0.05) is 0 Å². The zero-order chi connectivity index (χ0) is 12.1. The third-order valence-corrected chi connectivity index (χ3v) is 2.88. The Labute approximate surface area is 101 Å². The molecule has 2 atom stereocenters. The molecule has 17 heavy (non-hydrogen) atoms. The first-order valence-corrected chi connectivity index (χ1v) is 5.94. The largest absolute Gasteiger partial charge is 0.467 e. The molecule has 94 valence electrons. The molecule has 0 aliphatic carbocycles. The zero-order valence-electron chi connectivity index (χ0n) is 9.94. The molecule has 2 amide bonds. The number of hydrogen-bond acceptors (Lipinski definition) is 3. The maximum absolute atomic E-state index is 11.6. The Balaban J connectivity index is 1.69. The minimum Gasteiger partial charge on any atom is -0.467 e. The molecular formula is C12H18N2O3. The van der Waals surface area contributed by atoms with Crippen molar-refractivity contribution in [3.05, 3.63) is 24.2 Å². The normalized spacial score (nSPS) is 21.1. The van der Waals surface area contributed by atoms with E-state index in [2.05, 4.69) is 10.6 Å². The van der Waals surface area contributed by atoms with Gasteiger partial charge in [-0.05, 0) is 31.9 Å². The van der Waals surface area contributed by atoms with Crippen LogP contribution in [-0.4, -0.2) is 24.8 Å². The lowest BCUT2D eigenvalue weighted by Gasteiger charge is -2.19. The van der Waals surface area contributed by atoms with Gasteiger partial charge in [0.25, 0.3) is 0 Å². The number of carbonyl (C=O) groups is 1. The van der Waals surface area contributed by atoms with Crippen LogP contribution in [0, 0.1) is 0 Å². The highest BCUT2D eigenvalue weighted by molar-refractivity contribution is 5.74. The Morgan fingerprint density at radius 2 is 2.53 bits per heavy atom. The van der Waals surface area contributed by atoms with Gasteiger partial charge < -0.3 is 19.8 Å². The summed E-state index contributed by atoms with van der Waals surface area (Å²) < 4.78 is 10.6. The van der Waals surface area contributed by atoms with Crippen molar-refractivity contribution in [3.63, 3.8) is 0 Å². The van der Waals surface area contributed by atoms with Crippen molar-refractivity contribution in [1.29, 1.82) is 0 Å². The number of carbonyl (C=O) groups excluding carboxylic acids is 1. The monoisotopic (exact) mass is 238 g/mol. The van der Waals surface area contributed by atoms with E-state index in [4.69, 9.17) is 9.15 Å². The van der Waals surface area contributed by atoms with Gasteiger partial charge in [0.05, 0.1) is 25.0 Å². The Hall–Kier alpha value is -1.49. The van der Waals surface area contributed by atoms with E-state index in [0.29, 0.717) is 6.54 Å². The third kappa shape index (κ3) is 3.49. The number of rotatable bonds is 4. The smallest absolute Gasteiger partial charge is 0.315 e. The predicted molar refractivity (Wildman–Crippen MR) is 62.5 cm³/mol. The molecule has 2 heterocycles. The summed E-state index contributed by atoms with van der Waals surface area (Å²) in [4.78, 5) is 11.6. The molecule has 1 aliphatic rings. The van der Waals surface area contributed by atoms with Crippen molar-refractivity contribution in [2.24, 2.45) is 0 Å². The first kappa shape index (κ1) is 12.0. The van der Waals surface area contributed by atoms with E-state index in [1.807, 2.05) is 13.0 Å². The van der Waals surface area contributed by atoms with Gasteiger partial charge in [-0.25, -0.2) is 4.79 Å². The van der Waals surface area contributed by atoms with Crippen molar-refractivity contribution in [2.75, 3.05) is 6.61 Å². The lowest BCUT2D eigenvalue weighted by atomic mass is 10.1. The SMILES string of the molecule is C[C@@H](NC(=O)NCc1ccco1)[C@@H]1CCCO1. The molecular weight excluding hydrogens is 220 g/mol. The molecule has 0 radical (unpaired) electrons. The summed E-state index contributed by atoms with van der Waals surface area (Å²) in [6, 6.07) is 3.46. The zero-order valence-corrected chi connectivity index (χ0v) is 9.94. The molecule has 2 N–H and O–H groups in total. The average molecular weight is 238 g/mol. The Morgan fingerprint density at radius 3 is 3.18 bits per heavy atom. The summed E-state index contributed by atoms with van der Waals surface area (Å²) in [5.41, 5.74) is 0. The highest BCUT2D eigenvalue weighted by Gasteiger charge is 2.23. The summed E-state index contributed by atoms with van der Waals surface area (Å²) >= 11 is 0. The van der Waals surface area contributed by atoms with Gasteiger partial charge in [-0.2, -0.15) is 0 Å². The first-order valence-electron chi connectivity index (χ1n) is 5.94. The molecule has 0 unspecified atom stereocenters. The van der Waals surface area contributed by atoms with Gasteiger partial charge >= 0.3 is 6.03 Å². The van der Waals surface area contributed by atoms with Crippen molar-refractivity contribution in [1.82, 2.24) is 10.6 Å². The van der Waals surface area contributed by atoms with Crippen molar-refractivity contribution >= 4 is 6.03 Å². The molecule has 1 aliphatic heterocycles. The summed E-state index contributed by atoms with van der Waals surface area (Å²) in [5, 5.41) is 5.61. The van der Waals surface area contributed by atoms with Crippen LogP contribution < -0.4 is 10.6 Å². The van der Waals surface area contributed by atoms with E-state index in [9.17, 15) is 4.79 Å². The molecule has 1 saturated heterocycles. The maximum Gasteiger partial charge on any atom is 0.315 e. The summed E-state index contributed by atoms with van der Waals surface area (Å²) in [6.45, 7) is 3.16. The van der Waals surface area contributed by atoms with Crippen molar-refractivity contribution in [3.8, 4) is 0 Å². The number of amides is 2. The van der Waals surface area contributed by atoms with Crippen LogP contribution in [0.1, 0.15) is 25.5 Å². The molecule has 5 heteroatoms. The fourth-order valence-corrected chi connectivity index (χ4v) is 1.93. The Kier molecular flexibility index (Phi) is 4.03. The number of furan rings is 1. The second-order valence-corrected chi connectivity index (χ2v) is 4.25. The highest BCUT2D eigenvalue weighted by atomic mass is 16.5. The molecule has 1 aromatic heterocycles. The summed E-state index contributed by atoms with van der Waals surface area (Å²) in [7, 11) is 0. The highest BCUT2D eigenvalue weighted by Crippen LogP contribution is 2.15. The first-order chi connectivity index (χ1) is 8.25. The van der Waals surface area contributed by atoms with Crippen LogP contribution in [0.4, 0.5) is 4.79 Å². The van der Waals surface area contributed by atoms with Crippen LogP contribution >= 0.6 is 0 Å². The van der Waals surface area contributed by atoms with E-state index in [0.717, 1.165) is 25.2 Å². The Bertz CT molecular complexity index is 345. The topological polar surface area (TPSA) is 63.5 Å². The lowest BCUT2D eigenvalue weighted by molar-refractivity contribution is 0.0860. The fraction of sp³-hybridized carbons (Fsp3) is 0.583. The molecule has 0 aromatic carbocycles. The minimum atomic E-state index is -0.190. The van der Waals surface area contributed by atoms with Crippen LogP contribution in [0.3, 0.4) is 0 Å². The third-order valence-electron chi connectivity index (χ3n) is 2.88. The molecule has 0 bridgehead atoms. The van der Waals surface area contributed by atoms with Crippen LogP contribution in [-0.2, 0) is 11.3 Å². The van der Waals surface area contributed by atoms with E-state index in [1.165, 1.54) is 0 Å². The number of urea groups is 1. The maximum atomic E-state index is 11.6. The van der Waals surface area contributed by atoms with Crippen LogP contribution in [0.25, 0.3) is 0 Å². The average Bonchev–Trinajstić information content (AvgIpc) is 2.99. The molecule has 0 spiro atoms. The lowest BCUT2D eigenvalue weighted by Crippen LogP contribution is -2.45. The van der Waals surface area contributed by atoms with Gasteiger partial charge in [-0.3, -0.25) is 0 Å². The predicted octanol–water partition coefficient (Wildman–Crippen LogP) is 1.65. The summed E-state index contributed by atoms with van der Waals surface area (Å²) in [5.74, 6) is 0.741. The van der Waals surface area contributed by atoms with E-state index in [1.54, 1.807) is 12.3 Å². The van der Waals surface area contributed by atoms with E-state index >= 15 is 0 Å². The van der Waals surface area contributed by atoms with Crippen molar-refractivity contribution in [2.45, 2.75) is 38.5 Å². The quantitative estimate of drug-likeness (QED) is 0.838. The van der Waals surface area contributed by atoms with Crippen LogP contribution in [0.5, 0.6) is 0 Å². The van der Waals surface area contributed by atoms with Gasteiger partial charge in [0, 0.05) is 6.61 Å². The second kappa shape index (κ2) is 5.72. The van der Waals surface area contributed by atoms with Crippen LogP contribution in [0.15, 0.2) is 22.8 Å². The minimum absolute atomic E-state index is 0.0362. The number of nitrogens with one attached hydrogen (secondary N) is 2. The molecule has 1 fully saturated rings. The molecule has 5 nitrogen and oxygen atoms in total. The number of ether oxygens (including phenoxy) is 1. The molecule has 1 aromatic rings. The molecule has 0 saturated carbocycles. The van der Waals surface area contributed by atoms with E-state index in [-0.39, 0.29) is 18.2 Å². The van der Waals surface area contributed by atoms with Gasteiger partial charge in [-0.15, -0.1) is 0 Å². The molecule has 2 rings (SSSR count). The Morgan fingerprint density at radius 1 is 1.65 bits per heavy atom. The van der Waals surface area contributed by atoms with Gasteiger partial charge in [0.2, 0.25) is 0 Å². The second-order valence-electron chi connectivity index (χ2n) is 4.25. The fourth-order valence-electron chi connectivity index (χ4n) is 1.93. The van der Waals surface area contributed by atoms with Crippen LogP contribution in [0.2, 0.25) is 0 Å².